The molecule has 2 aromatic carbocycles. The van der Waals surface area contributed by atoms with Crippen LogP contribution in [0, 0.1) is 0 Å². The molecular formula is C18H14ClF2NO5. The summed E-state index contributed by atoms with van der Waals surface area (Å²) < 4.78 is 33.1. The molecule has 1 amide bonds. The molecule has 142 valence electrons. The summed E-state index contributed by atoms with van der Waals surface area (Å²) in [5.74, 6) is -1.92. The number of ether oxygens (including phenoxy) is 2. The lowest BCUT2D eigenvalue weighted by Gasteiger charge is -2.07. The number of hydrogen-bond acceptors (Lipinski definition) is 5. The zero-order chi connectivity index (χ0) is 19.8. The normalized spacial score (nSPS) is 10.4. The van der Waals surface area contributed by atoms with Crippen molar-refractivity contribution in [2.75, 3.05) is 13.2 Å². The summed E-state index contributed by atoms with van der Waals surface area (Å²) in [5.41, 5.74) is 0.476. The average Bonchev–Trinajstić information content (AvgIpc) is 2.65. The predicted octanol–water partition coefficient (Wildman–Crippen LogP) is 3.10. The summed E-state index contributed by atoms with van der Waals surface area (Å²) >= 11 is 5.72. The number of nitrogens with one attached hydrogen (secondary N) is 1. The van der Waals surface area contributed by atoms with Crippen LogP contribution in [-0.2, 0) is 9.53 Å². The van der Waals surface area contributed by atoms with E-state index in [1.165, 1.54) is 48.5 Å². The summed E-state index contributed by atoms with van der Waals surface area (Å²) in [6.07, 6.45) is 0. The smallest absolute Gasteiger partial charge is 0.387 e. The molecule has 0 saturated carbocycles. The lowest BCUT2D eigenvalue weighted by Crippen LogP contribution is -2.31. The molecule has 9 heteroatoms. The van der Waals surface area contributed by atoms with Gasteiger partial charge in [0.25, 0.3) is 5.91 Å². The van der Waals surface area contributed by atoms with Crippen molar-refractivity contribution in [1.29, 1.82) is 0 Å². The molecule has 0 aliphatic carbocycles. The molecule has 0 atom stereocenters. The van der Waals surface area contributed by atoms with E-state index in [1.54, 1.807) is 0 Å². The third-order valence-corrected chi connectivity index (χ3v) is 3.52. The van der Waals surface area contributed by atoms with E-state index in [2.05, 4.69) is 10.1 Å². The zero-order valence-electron chi connectivity index (χ0n) is 13.8. The molecule has 1 N–H and O–H groups in total. The first-order valence-corrected chi connectivity index (χ1v) is 8.00. The highest BCUT2D eigenvalue weighted by atomic mass is 35.5. The number of alkyl halides is 2. The van der Waals surface area contributed by atoms with Gasteiger partial charge in [0.05, 0.1) is 0 Å². The second-order valence-electron chi connectivity index (χ2n) is 5.18. The van der Waals surface area contributed by atoms with Crippen LogP contribution >= 0.6 is 11.6 Å². The molecule has 0 spiro atoms. The first-order chi connectivity index (χ1) is 12.8. The van der Waals surface area contributed by atoms with Crippen LogP contribution in [0.4, 0.5) is 8.78 Å². The maximum Gasteiger partial charge on any atom is 0.387 e. The summed E-state index contributed by atoms with van der Waals surface area (Å²) in [6.45, 7) is -3.93. The number of benzene rings is 2. The summed E-state index contributed by atoms with van der Waals surface area (Å²) in [4.78, 5) is 35.4. The van der Waals surface area contributed by atoms with Crippen LogP contribution < -0.4 is 10.1 Å². The molecule has 2 aromatic rings. The number of rotatable bonds is 8. The highest BCUT2D eigenvalue weighted by Gasteiger charge is 2.13. The maximum atomic E-state index is 12.1. The van der Waals surface area contributed by atoms with Gasteiger partial charge in [0, 0.05) is 16.1 Å². The molecule has 0 saturated heterocycles. The lowest BCUT2D eigenvalue weighted by atomic mass is 10.1. The Labute approximate surface area is 158 Å². The first-order valence-electron chi connectivity index (χ1n) is 7.62. The van der Waals surface area contributed by atoms with E-state index in [0.717, 1.165) is 0 Å². The van der Waals surface area contributed by atoms with Crippen LogP contribution in [0.2, 0.25) is 5.02 Å². The van der Waals surface area contributed by atoms with Gasteiger partial charge in [-0.3, -0.25) is 14.4 Å². The Balaban J connectivity index is 1.76. The molecule has 6 nitrogen and oxygen atoms in total. The van der Waals surface area contributed by atoms with Gasteiger partial charge in [-0.1, -0.05) is 11.6 Å². The second-order valence-corrected chi connectivity index (χ2v) is 5.61. The Morgan fingerprint density at radius 2 is 1.56 bits per heavy atom. The Morgan fingerprint density at radius 1 is 0.963 bits per heavy atom. The summed E-state index contributed by atoms with van der Waals surface area (Å²) in [7, 11) is 0. The van der Waals surface area contributed by atoms with Crippen molar-refractivity contribution in [1.82, 2.24) is 5.32 Å². The largest absolute Gasteiger partial charge is 0.456 e. The number of Topliss-reactive ketones (excluding diaryl/α,β-unsaturated/α-hetero) is 1. The van der Waals surface area contributed by atoms with Gasteiger partial charge in [-0.15, -0.1) is 0 Å². The molecule has 0 bridgehead atoms. The fourth-order valence-corrected chi connectivity index (χ4v) is 2.08. The van der Waals surface area contributed by atoms with E-state index < -0.39 is 37.4 Å². The topological polar surface area (TPSA) is 81.7 Å². The number of ketones is 1. The highest BCUT2D eigenvalue weighted by Crippen LogP contribution is 2.15. The van der Waals surface area contributed by atoms with Gasteiger partial charge in [-0.05, 0) is 48.5 Å². The molecule has 0 unspecified atom stereocenters. The van der Waals surface area contributed by atoms with Crippen LogP contribution in [0.5, 0.6) is 5.75 Å². The second kappa shape index (κ2) is 9.63. The van der Waals surface area contributed by atoms with E-state index in [9.17, 15) is 23.2 Å². The summed E-state index contributed by atoms with van der Waals surface area (Å²) in [6, 6.07) is 11.0. The number of hydrogen-bond donors (Lipinski definition) is 1. The molecule has 0 aromatic heterocycles. The average molecular weight is 398 g/mol. The van der Waals surface area contributed by atoms with Crippen molar-refractivity contribution in [3.63, 3.8) is 0 Å². The number of esters is 1. The Kier molecular flexibility index (Phi) is 7.25. The van der Waals surface area contributed by atoms with Gasteiger partial charge >= 0.3 is 12.6 Å². The Morgan fingerprint density at radius 3 is 2.15 bits per heavy atom. The van der Waals surface area contributed by atoms with Gasteiger partial charge in [0.15, 0.2) is 12.4 Å². The number of amides is 1. The molecule has 2 rings (SSSR count). The number of carbonyl (C=O) groups is 3. The van der Waals surface area contributed by atoms with Crippen molar-refractivity contribution in [2.45, 2.75) is 6.61 Å². The Bertz CT molecular complexity index is 810. The van der Waals surface area contributed by atoms with Crippen LogP contribution in [-0.4, -0.2) is 37.4 Å². The quantitative estimate of drug-likeness (QED) is 0.547. The fraction of sp³-hybridized carbons (Fsp3) is 0.167. The highest BCUT2D eigenvalue weighted by molar-refractivity contribution is 6.30. The van der Waals surface area contributed by atoms with E-state index in [4.69, 9.17) is 16.3 Å². The zero-order valence-corrected chi connectivity index (χ0v) is 14.5. The minimum atomic E-state index is -2.96. The van der Waals surface area contributed by atoms with Crippen molar-refractivity contribution >= 4 is 29.3 Å². The molecule has 0 heterocycles. The van der Waals surface area contributed by atoms with Gasteiger partial charge < -0.3 is 14.8 Å². The fourth-order valence-electron chi connectivity index (χ4n) is 1.96. The number of halogens is 3. The summed E-state index contributed by atoms with van der Waals surface area (Å²) in [5, 5.41) is 2.82. The van der Waals surface area contributed by atoms with E-state index >= 15 is 0 Å². The van der Waals surface area contributed by atoms with Crippen molar-refractivity contribution < 1.29 is 32.6 Å². The lowest BCUT2D eigenvalue weighted by molar-refractivity contribution is -0.141. The van der Waals surface area contributed by atoms with Crippen LogP contribution in [0.15, 0.2) is 48.5 Å². The molecule has 0 fully saturated rings. The third-order valence-electron chi connectivity index (χ3n) is 3.27. The number of carbonyl (C=O) groups excluding carboxylic acids is 3. The van der Waals surface area contributed by atoms with E-state index in [0.29, 0.717) is 10.6 Å². The van der Waals surface area contributed by atoms with Crippen molar-refractivity contribution in [3.8, 4) is 5.75 Å². The Hall–Kier alpha value is -3.00. The standard InChI is InChI=1S/C18H14ClF2NO5/c19-13-5-1-12(2-6-13)17(25)22-9-16(24)26-10-15(23)11-3-7-14(8-4-11)27-18(20)21/h1-8,18H,9-10H2,(H,22,25). The third kappa shape index (κ3) is 6.67. The molecule has 0 radical (unpaired) electrons. The monoisotopic (exact) mass is 397 g/mol. The predicted molar refractivity (Wildman–Crippen MR) is 92.1 cm³/mol. The molecule has 0 aliphatic rings. The van der Waals surface area contributed by atoms with Crippen LogP contribution in [0.25, 0.3) is 0 Å². The minimum absolute atomic E-state index is 0.0940. The molecular weight excluding hydrogens is 384 g/mol. The minimum Gasteiger partial charge on any atom is -0.456 e. The molecule has 27 heavy (non-hydrogen) atoms. The van der Waals surface area contributed by atoms with Gasteiger partial charge in [0.1, 0.15) is 12.3 Å². The first kappa shape index (κ1) is 20.3. The van der Waals surface area contributed by atoms with E-state index in [-0.39, 0.29) is 11.3 Å². The van der Waals surface area contributed by atoms with Gasteiger partial charge in [-0.2, -0.15) is 8.78 Å². The van der Waals surface area contributed by atoms with E-state index in [1.807, 2.05) is 0 Å². The van der Waals surface area contributed by atoms with Crippen molar-refractivity contribution in [2.24, 2.45) is 0 Å². The van der Waals surface area contributed by atoms with Crippen LogP contribution in [0.3, 0.4) is 0 Å². The molecule has 0 aliphatic heterocycles. The van der Waals surface area contributed by atoms with Crippen molar-refractivity contribution in [3.05, 3.63) is 64.7 Å². The van der Waals surface area contributed by atoms with Gasteiger partial charge in [-0.25, -0.2) is 0 Å². The van der Waals surface area contributed by atoms with Crippen LogP contribution in [0.1, 0.15) is 20.7 Å². The van der Waals surface area contributed by atoms with Gasteiger partial charge in [0.2, 0.25) is 0 Å². The SMILES string of the molecule is O=C(CNC(=O)c1ccc(Cl)cc1)OCC(=O)c1ccc(OC(F)F)cc1. The maximum absolute atomic E-state index is 12.1.